The van der Waals surface area contributed by atoms with Gasteiger partial charge in [-0.15, -0.1) is 0 Å². The number of aromatic nitrogens is 2. The number of rotatable bonds is 5. The third-order valence-electron chi connectivity index (χ3n) is 4.81. The van der Waals surface area contributed by atoms with Crippen LogP contribution in [0.5, 0.6) is 0 Å². The summed E-state index contributed by atoms with van der Waals surface area (Å²) in [7, 11) is -3.51. The van der Waals surface area contributed by atoms with E-state index in [1.807, 2.05) is 6.92 Å². The van der Waals surface area contributed by atoms with Gasteiger partial charge in [-0.3, -0.25) is 4.79 Å². The Balaban J connectivity index is 1.71. The minimum Gasteiger partial charge on any atom is -0.268 e. The van der Waals surface area contributed by atoms with Crippen molar-refractivity contribution in [2.45, 2.75) is 62.8 Å². The van der Waals surface area contributed by atoms with E-state index in [1.54, 1.807) is 30.3 Å². The number of hydrogen-bond acceptors (Lipinski definition) is 4. The summed E-state index contributed by atoms with van der Waals surface area (Å²) in [5.41, 5.74) is 2.02. The summed E-state index contributed by atoms with van der Waals surface area (Å²) < 4.78 is 28.1. The molecule has 6 nitrogen and oxygen atoms in total. The highest BCUT2D eigenvalue weighted by atomic mass is 32.2. The Bertz CT molecular complexity index is 896. The van der Waals surface area contributed by atoms with E-state index < -0.39 is 10.0 Å². The molecule has 1 aliphatic carbocycles. The molecule has 7 heteroatoms. The summed E-state index contributed by atoms with van der Waals surface area (Å²) in [6.07, 6.45) is 6.76. The fourth-order valence-corrected chi connectivity index (χ4v) is 4.69. The summed E-state index contributed by atoms with van der Waals surface area (Å²) in [6, 6.07) is 8.51. The van der Waals surface area contributed by atoms with Crippen LogP contribution in [0.25, 0.3) is 0 Å². The van der Waals surface area contributed by atoms with Gasteiger partial charge in [-0.05, 0) is 43.5 Å². The lowest BCUT2D eigenvalue weighted by atomic mass is 10.1. The lowest BCUT2D eigenvalue weighted by molar-refractivity contribution is 0.510. The Morgan fingerprint density at radius 1 is 1.12 bits per heavy atom. The standard InChI is InChI=1S/C19H25N3O3S/c1-14-12-16(19(23)21-20-14)13-15-8-10-18(11-9-15)26(24,25)22-17-6-4-2-3-5-7-17/h8-12,17,22H,2-7,13H2,1H3,(H,21,23). The van der Waals surface area contributed by atoms with Gasteiger partial charge in [-0.25, -0.2) is 18.2 Å². The molecule has 1 saturated carbocycles. The molecular weight excluding hydrogens is 350 g/mol. The van der Waals surface area contributed by atoms with Crippen LogP contribution in [-0.2, 0) is 16.4 Å². The fraction of sp³-hybridized carbons (Fsp3) is 0.474. The molecule has 0 radical (unpaired) electrons. The summed E-state index contributed by atoms with van der Waals surface area (Å²) in [5.74, 6) is 0. The van der Waals surface area contributed by atoms with Gasteiger partial charge in [0.15, 0.2) is 0 Å². The second-order valence-electron chi connectivity index (χ2n) is 6.99. The normalized spacial score (nSPS) is 16.3. The van der Waals surface area contributed by atoms with Gasteiger partial charge in [0.05, 0.1) is 10.6 Å². The zero-order valence-electron chi connectivity index (χ0n) is 15.0. The van der Waals surface area contributed by atoms with E-state index in [2.05, 4.69) is 14.9 Å². The number of hydrogen-bond donors (Lipinski definition) is 2. The van der Waals surface area contributed by atoms with Gasteiger partial charge in [0, 0.05) is 18.0 Å². The predicted molar refractivity (Wildman–Crippen MR) is 101 cm³/mol. The van der Waals surface area contributed by atoms with Gasteiger partial charge >= 0.3 is 0 Å². The van der Waals surface area contributed by atoms with Gasteiger partial charge in [-0.2, -0.15) is 5.10 Å². The van der Waals surface area contributed by atoms with Crippen molar-refractivity contribution in [1.82, 2.24) is 14.9 Å². The van der Waals surface area contributed by atoms with Crippen molar-refractivity contribution in [2.75, 3.05) is 0 Å². The number of aromatic amines is 1. The smallest absolute Gasteiger partial charge is 0.267 e. The molecule has 1 fully saturated rings. The van der Waals surface area contributed by atoms with Crippen LogP contribution < -0.4 is 10.3 Å². The van der Waals surface area contributed by atoms with Crippen LogP contribution >= 0.6 is 0 Å². The molecule has 0 atom stereocenters. The molecule has 140 valence electrons. The molecule has 2 aromatic rings. The third kappa shape index (κ3) is 4.80. The van der Waals surface area contributed by atoms with Crippen molar-refractivity contribution in [3.63, 3.8) is 0 Å². The molecular formula is C19H25N3O3S. The molecule has 2 N–H and O–H groups in total. The molecule has 0 bridgehead atoms. The number of aryl methyl sites for hydroxylation is 1. The number of nitrogens with zero attached hydrogens (tertiary/aromatic N) is 1. The predicted octanol–water partition coefficient (Wildman–Crippen LogP) is 2.67. The number of nitrogens with one attached hydrogen (secondary N) is 2. The molecule has 0 unspecified atom stereocenters. The van der Waals surface area contributed by atoms with Gasteiger partial charge in [0.2, 0.25) is 10.0 Å². The van der Waals surface area contributed by atoms with Crippen molar-refractivity contribution in [3.8, 4) is 0 Å². The topological polar surface area (TPSA) is 91.9 Å². The maximum atomic E-state index is 12.6. The van der Waals surface area contributed by atoms with Crippen LogP contribution in [-0.4, -0.2) is 24.7 Å². The van der Waals surface area contributed by atoms with Crippen molar-refractivity contribution in [1.29, 1.82) is 0 Å². The highest BCUT2D eigenvalue weighted by Gasteiger charge is 2.21. The van der Waals surface area contributed by atoms with Crippen molar-refractivity contribution < 1.29 is 8.42 Å². The van der Waals surface area contributed by atoms with Crippen LogP contribution in [0.3, 0.4) is 0 Å². The van der Waals surface area contributed by atoms with Crippen molar-refractivity contribution >= 4 is 10.0 Å². The first-order valence-electron chi connectivity index (χ1n) is 9.10. The summed E-state index contributed by atoms with van der Waals surface area (Å²) >= 11 is 0. The minimum absolute atomic E-state index is 0.0283. The summed E-state index contributed by atoms with van der Waals surface area (Å²) in [5, 5.41) is 6.33. The average molecular weight is 375 g/mol. The largest absolute Gasteiger partial charge is 0.268 e. The van der Waals surface area contributed by atoms with Crippen LogP contribution in [0.2, 0.25) is 0 Å². The van der Waals surface area contributed by atoms with E-state index in [0.717, 1.165) is 36.9 Å². The van der Waals surface area contributed by atoms with Crippen molar-refractivity contribution in [3.05, 3.63) is 57.5 Å². The molecule has 0 saturated heterocycles. The zero-order chi connectivity index (χ0) is 18.6. The molecule has 1 heterocycles. The first kappa shape index (κ1) is 18.8. The van der Waals surface area contributed by atoms with Crippen molar-refractivity contribution in [2.24, 2.45) is 0 Å². The van der Waals surface area contributed by atoms with E-state index in [4.69, 9.17) is 0 Å². The Labute approximate surface area is 154 Å². The van der Waals surface area contributed by atoms with E-state index >= 15 is 0 Å². The Morgan fingerprint density at radius 2 is 1.77 bits per heavy atom. The van der Waals surface area contributed by atoms with E-state index in [1.165, 1.54) is 12.8 Å². The van der Waals surface area contributed by atoms with E-state index in [-0.39, 0.29) is 16.5 Å². The Kier molecular flexibility index (Phi) is 5.88. The molecule has 1 aliphatic rings. The molecule has 0 spiro atoms. The Morgan fingerprint density at radius 3 is 2.42 bits per heavy atom. The summed E-state index contributed by atoms with van der Waals surface area (Å²) in [4.78, 5) is 12.1. The quantitative estimate of drug-likeness (QED) is 0.786. The van der Waals surface area contributed by atoms with Gasteiger partial charge in [0.25, 0.3) is 5.56 Å². The van der Waals surface area contributed by atoms with Crippen LogP contribution in [0.15, 0.2) is 40.0 Å². The SMILES string of the molecule is Cc1cc(Cc2ccc(S(=O)(=O)NC3CCCCCC3)cc2)c(=O)[nH]n1. The van der Waals surface area contributed by atoms with Crippen LogP contribution in [0.4, 0.5) is 0 Å². The molecule has 0 aliphatic heterocycles. The number of sulfonamides is 1. The molecule has 0 amide bonds. The highest BCUT2D eigenvalue weighted by Crippen LogP contribution is 2.20. The first-order valence-corrected chi connectivity index (χ1v) is 10.6. The molecule has 26 heavy (non-hydrogen) atoms. The van der Waals surface area contributed by atoms with Crippen LogP contribution in [0.1, 0.15) is 55.3 Å². The Hall–Kier alpha value is -1.99. The third-order valence-corrected chi connectivity index (χ3v) is 6.35. The zero-order valence-corrected chi connectivity index (χ0v) is 15.8. The number of benzene rings is 1. The van der Waals surface area contributed by atoms with Gasteiger partial charge in [0.1, 0.15) is 0 Å². The molecule has 1 aromatic heterocycles. The van der Waals surface area contributed by atoms with E-state index in [0.29, 0.717) is 12.0 Å². The molecule has 1 aromatic carbocycles. The monoisotopic (exact) mass is 375 g/mol. The van der Waals surface area contributed by atoms with E-state index in [9.17, 15) is 13.2 Å². The first-order chi connectivity index (χ1) is 12.4. The second-order valence-corrected chi connectivity index (χ2v) is 8.71. The maximum absolute atomic E-state index is 12.6. The fourth-order valence-electron chi connectivity index (χ4n) is 3.38. The second kappa shape index (κ2) is 8.14. The maximum Gasteiger partial charge on any atom is 0.267 e. The number of H-pyrrole nitrogens is 1. The van der Waals surface area contributed by atoms with Gasteiger partial charge in [-0.1, -0.05) is 37.8 Å². The highest BCUT2D eigenvalue weighted by molar-refractivity contribution is 7.89. The summed E-state index contributed by atoms with van der Waals surface area (Å²) in [6.45, 7) is 1.81. The molecule has 3 rings (SSSR count). The lowest BCUT2D eigenvalue weighted by Crippen LogP contribution is -2.34. The minimum atomic E-state index is -3.51. The van der Waals surface area contributed by atoms with Crippen LogP contribution in [0, 0.1) is 6.92 Å². The lowest BCUT2D eigenvalue weighted by Gasteiger charge is -2.16. The van der Waals surface area contributed by atoms with Gasteiger partial charge < -0.3 is 0 Å². The average Bonchev–Trinajstić information content (AvgIpc) is 2.87.